The van der Waals surface area contributed by atoms with E-state index in [1.165, 1.54) is 0 Å². The summed E-state index contributed by atoms with van der Waals surface area (Å²) in [6.07, 6.45) is 2.12. The molecule has 1 aliphatic rings. The molecule has 1 radical (unpaired) electrons. The highest BCUT2D eigenvalue weighted by molar-refractivity contribution is 6.03. The molecule has 0 bridgehead atoms. The fraction of sp³-hybridized carbons (Fsp3) is 0.467. The molecule has 3 rings (SSSR count). The summed E-state index contributed by atoms with van der Waals surface area (Å²) in [5.41, 5.74) is 6.65. The third-order valence-corrected chi connectivity index (χ3v) is 3.72. The molecule has 1 aliphatic heterocycles. The first-order chi connectivity index (χ1) is 10.2. The van der Waals surface area contributed by atoms with E-state index in [2.05, 4.69) is 16.0 Å². The number of nitrogens with zero attached hydrogens (tertiary/aromatic N) is 2. The van der Waals surface area contributed by atoms with E-state index >= 15 is 0 Å². The second-order valence-corrected chi connectivity index (χ2v) is 5.08. The maximum Gasteiger partial charge on any atom is 0.298 e. The lowest BCUT2D eigenvalue weighted by atomic mass is 10.2. The average Bonchev–Trinajstić information content (AvgIpc) is 3.09. The Labute approximate surface area is 122 Å². The van der Waals surface area contributed by atoms with Gasteiger partial charge in [-0.3, -0.25) is 4.79 Å². The van der Waals surface area contributed by atoms with Gasteiger partial charge < -0.3 is 19.8 Å². The molecular formula is C15H18N3O3. The van der Waals surface area contributed by atoms with Gasteiger partial charge in [0.1, 0.15) is 5.52 Å². The number of anilines is 1. The maximum absolute atomic E-state index is 11.4. The summed E-state index contributed by atoms with van der Waals surface area (Å²) < 4.78 is 11.3. The predicted octanol–water partition coefficient (Wildman–Crippen LogP) is 1.73. The Balaban J connectivity index is 1.93. The second kappa shape index (κ2) is 5.73. The number of nitrogens with two attached hydrogens (primary N) is 1. The van der Waals surface area contributed by atoms with Crippen molar-refractivity contribution in [2.24, 2.45) is 5.73 Å². The van der Waals surface area contributed by atoms with E-state index in [-0.39, 0.29) is 11.6 Å². The fourth-order valence-electron chi connectivity index (χ4n) is 2.71. The minimum Gasteiger partial charge on any atom is -0.423 e. The van der Waals surface area contributed by atoms with E-state index in [4.69, 9.17) is 14.9 Å². The average molecular weight is 288 g/mol. The number of hydrogen-bond donors (Lipinski definition) is 1. The van der Waals surface area contributed by atoms with Crippen LogP contribution in [-0.4, -0.2) is 36.7 Å². The third-order valence-electron chi connectivity index (χ3n) is 3.72. The number of hydrogen-bond acceptors (Lipinski definition) is 5. The monoisotopic (exact) mass is 288 g/mol. The molecule has 1 aromatic heterocycles. The Morgan fingerprint density at radius 2 is 2.52 bits per heavy atom. The minimum absolute atomic E-state index is 0.263. The van der Waals surface area contributed by atoms with Gasteiger partial charge in [-0.05, 0) is 38.0 Å². The van der Waals surface area contributed by atoms with Crippen LogP contribution in [0.3, 0.4) is 0 Å². The van der Waals surface area contributed by atoms with E-state index in [1.54, 1.807) is 12.1 Å². The van der Waals surface area contributed by atoms with Crippen LogP contribution >= 0.6 is 0 Å². The fourth-order valence-corrected chi connectivity index (χ4v) is 2.71. The summed E-state index contributed by atoms with van der Waals surface area (Å²) in [6, 6.07) is 6.97. The summed E-state index contributed by atoms with van der Waals surface area (Å²) in [5.74, 6) is -0.548. The molecule has 2 aromatic rings. The predicted molar refractivity (Wildman–Crippen MR) is 78.2 cm³/mol. The standard InChI is InChI=1S/C15H18N3O3/c1-2-20-9-10-5-4-8-18(10)15-17-13-11(14(16)19)6-3-7-12(13)21-15/h3,7,10H,2,4-5,8-9H2,1H3,(H2,16,19). The number of carbonyl (C=O) groups excluding carboxylic acids is 1. The molecule has 1 atom stereocenters. The molecule has 1 saturated heterocycles. The maximum atomic E-state index is 11.4. The Morgan fingerprint density at radius 3 is 3.29 bits per heavy atom. The second-order valence-electron chi connectivity index (χ2n) is 5.08. The molecule has 0 aliphatic carbocycles. The molecule has 2 N–H and O–H groups in total. The van der Waals surface area contributed by atoms with Gasteiger partial charge in [0.2, 0.25) is 0 Å². The number of primary amides is 1. The first-order valence-electron chi connectivity index (χ1n) is 7.16. The number of fused-ring (bicyclic) bond motifs is 1. The van der Waals surface area contributed by atoms with Gasteiger partial charge in [0.25, 0.3) is 11.9 Å². The van der Waals surface area contributed by atoms with E-state index in [0.717, 1.165) is 19.4 Å². The van der Waals surface area contributed by atoms with E-state index < -0.39 is 5.91 Å². The van der Waals surface area contributed by atoms with Gasteiger partial charge in [-0.2, -0.15) is 4.98 Å². The van der Waals surface area contributed by atoms with Crippen molar-refractivity contribution in [1.29, 1.82) is 0 Å². The summed E-state index contributed by atoms with van der Waals surface area (Å²) in [5, 5.41) is 0. The van der Waals surface area contributed by atoms with Crippen molar-refractivity contribution < 1.29 is 13.9 Å². The Bertz CT molecular complexity index is 653. The first kappa shape index (κ1) is 13.9. The van der Waals surface area contributed by atoms with Gasteiger partial charge >= 0.3 is 0 Å². The van der Waals surface area contributed by atoms with Crippen LogP contribution in [0.15, 0.2) is 16.5 Å². The molecule has 1 unspecified atom stereocenters. The molecule has 111 valence electrons. The summed E-state index contributed by atoms with van der Waals surface area (Å²) in [4.78, 5) is 18.0. The van der Waals surface area contributed by atoms with Crippen molar-refractivity contribution in [2.75, 3.05) is 24.7 Å². The lowest BCUT2D eigenvalue weighted by Gasteiger charge is -2.22. The van der Waals surface area contributed by atoms with Crippen LogP contribution in [0.4, 0.5) is 6.01 Å². The van der Waals surface area contributed by atoms with Crippen molar-refractivity contribution in [3.05, 3.63) is 23.8 Å². The van der Waals surface area contributed by atoms with E-state index in [9.17, 15) is 4.79 Å². The smallest absolute Gasteiger partial charge is 0.298 e. The van der Waals surface area contributed by atoms with Crippen molar-refractivity contribution >= 4 is 23.0 Å². The number of oxazole rings is 1. The molecule has 0 saturated carbocycles. The zero-order valence-corrected chi connectivity index (χ0v) is 12.0. The molecular weight excluding hydrogens is 270 g/mol. The Morgan fingerprint density at radius 1 is 1.67 bits per heavy atom. The number of carbonyl (C=O) groups is 1. The lowest BCUT2D eigenvalue weighted by molar-refractivity contribution is 0.100. The van der Waals surface area contributed by atoms with Gasteiger partial charge in [-0.15, -0.1) is 0 Å². The Kier molecular flexibility index (Phi) is 3.79. The SMILES string of the molecule is CCOCC1CCCN1c1nc2c(C(N)=O)[c]ccc2o1. The number of aromatic nitrogens is 1. The molecule has 0 spiro atoms. The van der Waals surface area contributed by atoms with E-state index in [1.807, 2.05) is 6.92 Å². The number of ether oxygens (including phenoxy) is 1. The summed E-state index contributed by atoms with van der Waals surface area (Å²) >= 11 is 0. The first-order valence-corrected chi connectivity index (χ1v) is 7.16. The number of amides is 1. The van der Waals surface area contributed by atoms with Gasteiger partial charge in [-0.1, -0.05) is 0 Å². The number of benzene rings is 1. The van der Waals surface area contributed by atoms with Crippen LogP contribution in [-0.2, 0) is 4.74 Å². The normalized spacial score (nSPS) is 18.5. The highest BCUT2D eigenvalue weighted by Gasteiger charge is 2.29. The van der Waals surface area contributed by atoms with Crippen molar-refractivity contribution in [3.8, 4) is 0 Å². The van der Waals surface area contributed by atoms with Gasteiger partial charge in [-0.25, -0.2) is 0 Å². The molecule has 1 aromatic carbocycles. The molecule has 1 fully saturated rings. The van der Waals surface area contributed by atoms with Crippen molar-refractivity contribution in [3.63, 3.8) is 0 Å². The van der Waals surface area contributed by atoms with Crippen molar-refractivity contribution in [1.82, 2.24) is 4.98 Å². The summed E-state index contributed by atoms with van der Waals surface area (Å²) in [7, 11) is 0. The lowest BCUT2D eigenvalue weighted by Crippen LogP contribution is -2.33. The van der Waals surface area contributed by atoms with Crippen LogP contribution < -0.4 is 10.6 Å². The van der Waals surface area contributed by atoms with Gasteiger partial charge in [0, 0.05) is 13.2 Å². The molecule has 6 nitrogen and oxygen atoms in total. The molecule has 6 heteroatoms. The highest BCUT2D eigenvalue weighted by atomic mass is 16.5. The summed E-state index contributed by atoms with van der Waals surface area (Å²) in [6.45, 7) is 4.20. The van der Waals surface area contributed by atoms with Crippen LogP contribution in [0.1, 0.15) is 30.1 Å². The topological polar surface area (TPSA) is 81.6 Å². The highest BCUT2D eigenvalue weighted by Crippen LogP contribution is 2.29. The molecule has 2 heterocycles. The zero-order valence-electron chi connectivity index (χ0n) is 12.0. The van der Waals surface area contributed by atoms with Gasteiger partial charge in [0.05, 0.1) is 18.2 Å². The molecule has 21 heavy (non-hydrogen) atoms. The largest absolute Gasteiger partial charge is 0.423 e. The zero-order chi connectivity index (χ0) is 14.8. The third kappa shape index (κ3) is 2.58. The quantitative estimate of drug-likeness (QED) is 0.906. The van der Waals surface area contributed by atoms with Gasteiger partial charge in [0.15, 0.2) is 5.58 Å². The number of rotatable bonds is 5. The van der Waals surface area contributed by atoms with Crippen molar-refractivity contribution in [2.45, 2.75) is 25.8 Å². The van der Waals surface area contributed by atoms with Crippen LogP contribution in [0.25, 0.3) is 11.1 Å². The van der Waals surface area contributed by atoms with Crippen LogP contribution in [0.2, 0.25) is 0 Å². The minimum atomic E-state index is -0.548. The van der Waals surface area contributed by atoms with Crippen LogP contribution in [0.5, 0.6) is 0 Å². The molecule has 1 amide bonds. The van der Waals surface area contributed by atoms with E-state index in [0.29, 0.717) is 30.3 Å². The van der Waals surface area contributed by atoms with Crippen LogP contribution in [0, 0.1) is 6.07 Å². The Hall–Kier alpha value is -2.08.